The zero-order chi connectivity index (χ0) is 15.9. The van der Waals surface area contributed by atoms with Gasteiger partial charge in [0.25, 0.3) is 5.56 Å². The third-order valence-corrected chi connectivity index (χ3v) is 3.61. The van der Waals surface area contributed by atoms with Crippen molar-refractivity contribution >= 4 is 0 Å². The molecule has 0 bridgehead atoms. The number of nitrogens with one attached hydrogen (secondary N) is 2. The number of aromatic amines is 2. The molecule has 2 N–H and O–H groups in total. The first-order valence-electron chi connectivity index (χ1n) is 6.51. The van der Waals surface area contributed by atoms with Crippen LogP contribution in [-0.4, -0.2) is 33.2 Å². The van der Waals surface area contributed by atoms with Gasteiger partial charge in [-0.25, -0.2) is 13.6 Å². The van der Waals surface area contributed by atoms with Crippen molar-refractivity contribution in [3.05, 3.63) is 38.7 Å². The van der Waals surface area contributed by atoms with E-state index >= 15 is 0 Å². The molecule has 0 saturated heterocycles. The van der Waals surface area contributed by atoms with Gasteiger partial charge in [0.05, 0.1) is 12.7 Å². The standard InChI is InChI=1S/C13H12F2N4O3/c1-22-11-7(6-3-13(14,15)4-6)2-9(18-19-11)8-5-16-12(21)17-10(8)20/h2,5-6H,3-4H2,1H3,(H2,16,17,20,21). The summed E-state index contributed by atoms with van der Waals surface area (Å²) in [4.78, 5) is 27.2. The van der Waals surface area contributed by atoms with Crippen molar-refractivity contribution in [3.63, 3.8) is 0 Å². The van der Waals surface area contributed by atoms with Crippen LogP contribution in [-0.2, 0) is 0 Å². The van der Waals surface area contributed by atoms with Crippen LogP contribution in [0.3, 0.4) is 0 Å². The number of hydrogen-bond donors (Lipinski definition) is 2. The number of rotatable bonds is 3. The van der Waals surface area contributed by atoms with Gasteiger partial charge < -0.3 is 9.72 Å². The molecular weight excluding hydrogens is 298 g/mol. The summed E-state index contributed by atoms with van der Waals surface area (Å²) in [5, 5.41) is 7.67. The number of alkyl halides is 2. The van der Waals surface area contributed by atoms with E-state index in [1.165, 1.54) is 19.4 Å². The fraction of sp³-hybridized carbons (Fsp3) is 0.385. The van der Waals surface area contributed by atoms with E-state index in [0.29, 0.717) is 5.56 Å². The van der Waals surface area contributed by atoms with Gasteiger partial charge in [0.2, 0.25) is 11.8 Å². The van der Waals surface area contributed by atoms with Gasteiger partial charge in [0, 0.05) is 30.5 Å². The lowest BCUT2D eigenvalue weighted by Crippen LogP contribution is -2.34. The zero-order valence-electron chi connectivity index (χ0n) is 11.5. The van der Waals surface area contributed by atoms with Crippen molar-refractivity contribution in [2.45, 2.75) is 24.7 Å². The largest absolute Gasteiger partial charge is 0.480 e. The van der Waals surface area contributed by atoms with Crippen LogP contribution in [0, 0.1) is 0 Å². The van der Waals surface area contributed by atoms with Crippen molar-refractivity contribution in [1.29, 1.82) is 0 Å². The maximum atomic E-state index is 13.1. The van der Waals surface area contributed by atoms with E-state index < -0.39 is 23.1 Å². The molecule has 1 aliphatic carbocycles. The summed E-state index contributed by atoms with van der Waals surface area (Å²) in [6, 6.07) is 1.49. The Labute approximate surface area is 122 Å². The fourth-order valence-electron chi connectivity index (χ4n) is 2.46. The van der Waals surface area contributed by atoms with Crippen LogP contribution in [0.5, 0.6) is 5.88 Å². The fourth-order valence-corrected chi connectivity index (χ4v) is 2.46. The number of methoxy groups -OCH3 is 1. The van der Waals surface area contributed by atoms with Crippen LogP contribution in [0.1, 0.15) is 24.3 Å². The van der Waals surface area contributed by atoms with Gasteiger partial charge >= 0.3 is 5.69 Å². The van der Waals surface area contributed by atoms with Gasteiger partial charge in [-0.05, 0) is 6.07 Å². The topological polar surface area (TPSA) is 101 Å². The highest BCUT2D eigenvalue weighted by Crippen LogP contribution is 2.50. The number of ether oxygens (including phenoxy) is 1. The summed E-state index contributed by atoms with van der Waals surface area (Å²) in [6.07, 6.45) is 0.615. The van der Waals surface area contributed by atoms with Gasteiger partial charge in [0.15, 0.2) is 0 Å². The van der Waals surface area contributed by atoms with Crippen LogP contribution >= 0.6 is 0 Å². The zero-order valence-corrected chi connectivity index (χ0v) is 11.5. The lowest BCUT2D eigenvalue weighted by molar-refractivity contribution is -0.0871. The predicted molar refractivity (Wildman–Crippen MR) is 72.2 cm³/mol. The van der Waals surface area contributed by atoms with Crippen LogP contribution in [0.2, 0.25) is 0 Å². The minimum absolute atomic E-state index is 0.0992. The molecule has 0 atom stereocenters. The number of halogens is 2. The van der Waals surface area contributed by atoms with Crippen molar-refractivity contribution in [2.75, 3.05) is 7.11 Å². The number of nitrogens with zero attached hydrogens (tertiary/aromatic N) is 2. The highest BCUT2D eigenvalue weighted by Gasteiger charge is 2.47. The second-order valence-electron chi connectivity index (χ2n) is 5.14. The predicted octanol–water partition coefficient (Wildman–Crippen LogP) is 1.04. The second kappa shape index (κ2) is 5.00. The summed E-state index contributed by atoms with van der Waals surface area (Å²) in [7, 11) is 1.37. The molecule has 0 radical (unpaired) electrons. The van der Waals surface area contributed by atoms with E-state index in [2.05, 4.69) is 20.2 Å². The lowest BCUT2D eigenvalue weighted by Gasteiger charge is -2.35. The Hall–Kier alpha value is -2.58. The van der Waals surface area contributed by atoms with Crippen molar-refractivity contribution in [2.24, 2.45) is 0 Å². The Morgan fingerprint density at radius 3 is 2.64 bits per heavy atom. The first-order valence-corrected chi connectivity index (χ1v) is 6.51. The first-order chi connectivity index (χ1) is 10.4. The molecule has 1 fully saturated rings. The van der Waals surface area contributed by atoms with Gasteiger partial charge in [-0.1, -0.05) is 0 Å². The Kier molecular flexibility index (Phi) is 3.27. The van der Waals surface area contributed by atoms with E-state index in [9.17, 15) is 18.4 Å². The van der Waals surface area contributed by atoms with Gasteiger partial charge in [0.1, 0.15) is 5.69 Å². The quantitative estimate of drug-likeness (QED) is 0.882. The van der Waals surface area contributed by atoms with Gasteiger partial charge in [-0.2, -0.15) is 0 Å². The minimum atomic E-state index is -2.69. The van der Waals surface area contributed by atoms with Crippen LogP contribution < -0.4 is 16.0 Å². The first kappa shape index (κ1) is 14.4. The molecule has 0 unspecified atom stereocenters. The summed E-state index contributed by atoms with van der Waals surface area (Å²) < 4.78 is 31.2. The molecule has 3 rings (SSSR count). The van der Waals surface area contributed by atoms with Crippen LogP contribution in [0.15, 0.2) is 21.9 Å². The summed E-state index contributed by atoms with van der Waals surface area (Å²) in [6.45, 7) is 0. The molecule has 0 aliphatic heterocycles. The molecule has 9 heteroatoms. The number of H-pyrrole nitrogens is 2. The van der Waals surface area contributed by atoms with Crippen LogP contribution in [0.25, 0.3) is 11.3 Å². The van der Waals surface area contributed by atoms with Crippen molar-refractivity contribution < 1.29 is 13.5 Å². The molecule has 2 aromatic rings. The van der Waals surface area contributed by atoms with E-state index in [-0.39, 0.29) is 30.0 Å². The van der Waals surface area contributed by atoms with Gasteiger partial charge in [-0.3, -0.25) is 9.78 Å². The Morgan fingerprint density at radius 2 is 2.05 bits per heavy atom. The highest BCUT2D eigenvalue weighted by atomic mass is 19.3. The van der Waals surface area contributed by atoms with E-state index in [4.69, 9.17) is 4.74 Å². The number of hydrogen-bond acceptors (Lipinski definition) is 5. The molecule has 0 aromatic carbocycles. The molecule has 2 aromatic heterocycles. The molecule has 1 saturated carbocycles. The molecule has 7 nitrogen and oxygen atoms in total. The Bertz CT molecular complexity index is 823. The highest BCUT2D eigenvalue weighted by molar-refractivity contribution is 5.58. The molecule has 0 spiro atoms. The Morgan fingerprint density at radius 1 is 1.32 bits per heavy atom. The molecular formula is C13H12F2N4O3. The molecule has 116 valence electrons. The minimum Gasteiger partial charge on any atom is -0.480 e. The van der Waals surface area contributed by atoms with E-state index in [1.54, 1.807) is 0 Å². The Balaban J connectivity index is 2.04. The van der Waals surface area contributed by atoms with Crippen molar-refractivity contribution in [3.8, 4) is 17.1 Å². The number of aromatic nitrogens is 4. The maximum absolute atomic E-state index is 13.1. The summed E-state index contributed by atoms with van der Waals surface area (Å²) in [5.41, 5.74) is -0.517. The SMILES string of the molecule is COc1nnc(-c2c[nH]c(=O)[nH]c2=O)cc1C1CC(F)(F)C1. The normalized spacial score (nSPS) is 17.0. The smallest absolute Gasteiger partial charge is 0.325 e. The van der Waals surface area contributed by atoms with Crippen LogP contribution in [0.4, 0.5) is 8.78 Å². The summed E-state index contributed by atoms with van der Waals surface area (Å²) in [5.74, 6) is -2.93. The van der Waals surface area contributed by atoms with E-state index in [1.807, 2.05) is 0 Å². The van der Waals surface area contributed by atoms with Gasteiger partial charge in [-0.15, -0.1) is 10.2 Å². The molecule has 22 heavy (non-hydrogen) atoms. The lowest BCUT2D eigenvalue weighted by atomic mass is 9.77. The molecule has 0 amide bonds. The van der Waals surface area contributed by atoms with E-state index in [0.717, 1.165) is 0 Å². The average Bonchev–Trinajstić information content (AvgIpc) is 2.44. The summed E-state index contributed by atoms with van der Waals surface area (Å²) >= 11 is 0. The second-order valence-corrected chi connectivity index (χ2v) is 5.14. The average molecular weight is 310 g/mol. The third-order valence-electron chi connectivity index (χ3n) is 3.61. The third kappa shape index (κ3) is 2.49. The monoisotopic (exact) mass is 310 g/mol. The molecule has 2 heterocycles. The molecule has 1 aliphatic rings. The maximum Gasteiger partial charge on any atom is 0.325 e. The van der Waals surface area contributed by atoms with Crippen molar-refractivity contribution in [1.82, 2.24) is 20.2 Å².